The summed E-state index contributed by atoms with van der Waals surface area (Å²) in [7, 11) is 1.86. The molecule has 0 unspecified atom stereocenters. The fraction of sp³-hybridized carbons (Fsp3) is 0.462. The maximum absolute atomic E-state index is 11.0. The molecule has 0 fully saturated rings. The Labute approximate surface area is 101 Å². The van der Waals surface area contributed by atoms with E-state index in [1.165, 1.54) is 0 Å². The molecule has 0 saturated heterocycles. The predicted octanol–water partition coefficient (Wildman–Crippen LogP) is 1.59. The second-order valence-corrected chi connectivity index (χ2v) is 4.95. The smallest absolute Gasteiger partial charge is 0.336 e. The Morgan fingerprint density at radius 3 is 2.47 bits per heavy atom. The molecule has 94 valence electrons. The van der Waals surface area contributed by atoms with Crippen molar-refractivity contribution in [1.82, 2.24) is 4.90 Å². The van der Waals surface area contributed by atoms with Crippen molar-refractivity contribution < 1.29 is 15.0 Å². The number of benzene rings is 1. The molecule has 0 saturated carbocycles. The first-order chi connectivity index (χ1) is 7.79. The molecule has 0 bridgehead atoms. The molecule has 1 rings (SSSR count). The van der Waals surface area contributed by atoms with Crippen LogP contribution in [0.1, 0.15) is 29.8 Å². The minimum absolute atomic E-state index is 0.315. The van der Waals surface area contributed by atoms with Crippen molar-refractivity contribution in [3.63, 3.8) is 0 Å². The summed E-state index contributed by atoms with van der Waals surface area (Å²) < 4.78 is 0. The summed E-state index contributed by atoms with van der Waals surface area (Å²) >= 11 is 0. The number of hydrogen-bond acceptors (Lipinski definition) is 3. The van der Waals surface area contributed by atoms with Gasteiger partial charge in [-0.05, 0) is 32.5 Å². The van der Waals surface area contributed by atoms with Crippen molar-refractivity contribution >= 4 is 5.97 Å². The lowest BCUT2D eigenvalue weighted by Gasteiger charge is -2.25. The van der Waals surface area contributed by atoms with Crippen LogP contribution in [-0.2, 0) is 6.54 Å². The van der Waals surface area contributed by atoms with E-state index in [4.69, 9.17) is 5.11 Å². The third kappa shape index (κ3) is 4.54. The molecule has 1 aromatic rings. The molecule has 4 nitrogen and oxygen atoms in total. The number of aromatic carboxylic acids is 1. The van der Waals surface area contributed by atoms with Gasteiger partial charge in [-0.3, -0.25) is 4.90 Å². The van der Waals surface area contributed by atoms with Gasteiger partial charge in [0.25, 0.3) is 0 Å². The minimum atomic E-state index is -0.919. The highest BCUT2D eigenvalue weighted by Crippen LogP contribution is 2.13. The number of rotatable bonds is 5. The molecule has 0 heterocycles. The standard InChI is InChI=1S/C13H19NO3/c1-13(2,17)9-14(3)8-10-6-4-5-7-11(10)12(15)16/h4-7,17H,8-9H2,1-3H3,(H,15,16). The lowest BCUT2D eigenvalue weighted by atomic mass is 10.1. The summed E-state index contributed by atoms with van der Waals surface area (Å²) in [6, 6.07) is 6.92. The van der Waals surface area contributed by atoms with E-state index in [1.807, 2.05) is 18.0 Å². The summed E-state index contributed by atoms with van der Waals surface area (Å²) in [6.07, 6.45) is 0. The van der Waals surface area contributed by atoms with Gasteiger partial charge >= 0.3 is 5.97 Å². The van der Waals surface area contributed by atoms with Crippen molar-refractivity contribution in [2.75, 3.05) is 13.6 Å². The number of nitrogens with zero attached hydrogens (tertiary/aromatic N) is 1. The van der Waals surface area contributed by atoms with Crippen molar-refractivity contribution in [3.8, 4) is 0 Å². The fourth-order valence-corrected chi connectivity index (χ4v) is 1.87. The third-order valence-electron chi connectivity index (χ3n) is 2.34. The Morgan fingerprint density at radius 2 is 1.94 bits per heavy atom. The van der Waals surface area contributed by atoms with Crippen LogP contribution in [0.15, 0.2) is 24.3 Å². The molecular weight excluding hydrogens is 218 g/mol. The van der Waals surface area contributed by atoms with E-state index >= 15 is 0 Å². The normalized spacial score (nSPS) is 11.8. The zero-order valence-corrected chi connectivity index (χ0v) is 10.5. The Balaban J connectivity index is 2.78. The van der Waals surface area contributed by atoms with E-state index in [9.17, 15) is 9.90 Å². The van der Waals surface area contributed by atoms with Gasteiger partial charge in [-0.15, -0.1) is 0 Å². The molecule has 0 spiro atoms. The average Bonchev–Trinajstić information content (AvgIpc) is 2.14. The largest absolute Gasteiger partial charge is 0.478 e. The Bertz CT molecular complexity index is 396. The molecule has 2 N–H and O–H groups in total. The zero-order chi connectivity index (χ0) is 13.1. The summed E-state index contributed by atoms with van der Waals surface area (Å²) in [4.78, 5) is 12.9. The van der Waals surface area contributed by atoms with Crippen molar-refractivity contribution in [1.29, 1.82) is 0 Å². The van der Waals surface area contributed by atoms with Crippen LogP contribution >= 0.6 is 0 Å². The zero-order valence-electron chi connectivity index (χ0n) is 10.5. The number of hydrogen-bond donors (Lipinski definition) is 2. The number of aliphatic hydroxyl groups is 1. The van der Waals surface area contributed by atoms with Gasteiger partial charge < -0.3 is 10.2 Å². The maximum atomic E-state index is 11.0. The number of carboxylic acids is 1. The second-order valence-electron chi connectivity index (χ2n) is 4.95. The van der Waals surface area contributed by atoms with E-state index in [2.05, 4.69) is 0 Å². The van der Waals surface area contributed by atoms with Crippen molar-refractivity contribution in [2.24, 2.45) is 0 Å². The lowest BCUT2D eigenvalue weighted by molar-refractivity contribution is 0.0423. The Morgan fingerprint density at radius 1 is 1.35 bits per heavy atom. The molecule has 0 radical (unpaired) electrons. The molecule has 0 aromatic heterocycles. The summed E-state index contributed by atoms with van der Waals surface area (Å²) in [6.45, 7) is 4.45. The minimum Gasteiger partial charge on any atom is -0.478 e. The van der Waals surface area contributed by atoms with Gasteiger partial charge in [0.2, 0.25) is 0 Å². The fourth-order valence-electron chi connectivity index (χ4n) is 1.87. The molecule has 4 heteroatoms. The number of likely N-dealkylation sites (N-methyl/N-ethyl adjacent to an activating group) is 1. The first kappa shape index (κ1) is 13.7. The van der Waals surface area contributed by atoms with Gasteiger partial charge in [0.15, 0.2) is 0 Å². The van der Waals surface area contributed by atoms with E-state index in [0.717, 1.165) is 5.56 Å². The number of carbonyl (C=O) groups is 1. The van der Waals surface area contributed by atoms with Crippen LogP contribution in [0.4, 0.5) is 0 Å². The summed E-state index contributed by atoms with van der Waals surface area (Å²) in [5.41, 5.74) is 0.286. The van der Waals surface area contributed by atoms with Gasteiger partial charge in [0, 0.05) is 13.1 Å². The van der Waals surface area contributed by atoms with Crippen molar-refractivity contribution in [2.45, 2.75) is 26.0 Å². The quantitative estimate of drug-likeness (QED) is 0.816. The van der Waals surface area contributed by atoms with E-state index in [0.29, 0.717) is 18.7 Å². The Hall–Kier alpha value is -1.39. The summed E-state index contributed by atoms with van der Waals surface area (Å²) in [5, 5.41) is 18.7. The molecule has 0 atom stereocenters. The van der Waals surface area contributed by atoms with Crippen LogP contribution in [0, 0.1) is 0 Å². The Kier molecular flexibility index (Phi) is 4.26. The molecule has 0 aliphatic carbocycles. The molecule has 17 heavy (non-hydrogen) atoms. The first-order valence-electron chi connectivity index (χ1n) is 5.52. The predicted molar refractivity (Wildman–Crippen MR) is 66.0 cm³/mol. The monoisotopic (exact) mass is 237 g/mol. The van der Waals surface area contributed by atoms with Crippen LogP contribution in [0.25, 0.3) is 0 Å². The average molecular weight is 237 g/mol. The first-order valence-corrected chi connectivity index (χ1v) is 5.52. The van der Waals surface area contributed by atoms with Gasteiger partial charge in [0.1, 0.15) is 0 Å². The molecule has 0 amide bonds. The van der Waals surface area contributed by atoms with Crippen LogP contribution in [0.5, 0.6) is 0 Å². The highest BCUT2D eigenvalue weighted by atomic mass is 16.4. The van der Waals surface area contributed by atoms with Crippen LogP contribution < -0.4 is 0 Å². The third-order valence-corrected chi connectivity index (χ3v) is 2.34. The topological polar surface area (TPSA) is 60.8 Å². The highest BCUT2D eigenvalue weighted by molar-refractivity contribution is 5.89. The number of carboxylic acid groups (broad SMARTS) is 1. The van der Waals surface area contributed by atoms with Crippen molar-refractivity contribution in [3.05, 3.63) is 35.4 Å². The molecule has 1 aromatic carbocycles. The molecule has 0 aliphatic rings. The van der Waals surface area contributed by atoms with Gasteiger partial charge in [-0.2, -0.15) is 0 Å². The van der Waals surface area contributed by atoms with Gasteiger partial charge in [-0.25, -0.2) is 4.79 Å². The van der Waals surface area contributed by atoms with Crippen LogP contribution in [-0.4, -0.2) is 40.3 Å². The van der Waals surface area contributed by atoms with Gasteiger partial charge in [0.05, 0.1) is 11.2 Å². The van der Waals surface area contributed by atoms with E-state index < -0.39 is 11.6 Å². The summed E-state index contributed by atoms with van der Waals surface area (Å²) in [5.74, 6) is -0.919. The SMILES string of the molecule is CN(Cc1ccccc1C(=O)O)CC(C)(C)O. The molecular formula is C13H19NO3. The van der Waals surface area contributed by atoms with E-state index in [1.54, 1.807) is 32.0 Å². The maximum Gasteiger partial charge on any atom is 0.336 e. The second kappa shape index (κ2) is 5.29. The van der Waals surface area contributed by atoms with Crippen LogP contribution in [0.2, 0.25) is 0 Å². The lowest BCUT2D eigenvalue weighted by Crippen LogP contribution is -2.36. The van der Waals surface area contributed by atoms with Crippen LogP contribution in [0.3, 0.4) is 0 Å². The van der Waals surface area contributed by atoms with Gasteiger partial charge in [-0.1, -0.05) is 18.2 Å². The molecule has 0 aliphatic heterocycles. The highest BCUT2D eigenvalue weighted by Gasteiger charge is 2.17. The van der Waals surface area contributed by atoms with E-state index in [-0.39, 0.29) is 0 Å².